The molecule has 12 heavy (non-hydrogen) atoms. The maximum absolute atomic E-state index is 10.4. The number of carboxylic acids is 2. The summed E-state index contributed by atoms with van der Waals surface area (Å²) in [5, 5.41) is 20.7. The number of hydrogen-bond donors (Lipinski definition) is 0. The molecule has 2 unspecified atom stereocenters. The zero-order chi connectivity index (χ0) is 9.72. The van der Waals surface area contributed by atoms with Crippen molar-refractivity contribution in [3.05, 3.63) is 12.7 Å². The van der Waals surface area contributed by atoms with E-state index in [9.17, 15) is 19.8 Å². The molecule has 0 heterocycles. The van der Waals surface area contributed by atoms with Crippen molar-refractivity contribution in [2.45, 2.75) is 13.3 Å². The molecule has 0 saturated heterocycles. The second-order valence-electron chi connectivity index (χ2n) is 2.56. The van der Waals surface area contributed by atoms with Crippen LogP contribution in [0.2, 0.25) is 0 Å². The first kappa shape index (κ1) is 10.7. The monoisotopic (exact) mass is 170 g/mol. The van der Waals surface area contributed by atoms with Crippen molar-refractivity contribution < 1.29 is 19.8 Å². The minimum Gasteiger partial charge on any atom is -0.550 e. The van der Waals surface area contributed by atoms with E-state index >= 15 is 0 Å². The molecule has 0 aromatic rings. The summed E-state index contributed by atoms with van der Waals surface area (Å²) in [6, 6.07) is 0. The lowest BCUT2D eigenvalue weighted by molar-refractivity contribution is -0.326. The Hall–Kier alpha value is -1.32. The highest BCUT2D eigenvalue weighted by atomic mass is 16.4. The molecular formula is C8H10O4-2. The molecule has 0 rings (SSSR count). The molecule has 0 aliphatic rings. The van der Waals surface area contributed by atoms with Crippen LogP contribution in [0.15, 0.2) is 12.7 Å². The minimum atomic E-state index is -1.38. The molecule has 68 valence electrons. The predicted octanol–water partition coefficient (Wildman–Crippen LogP) is -1.69. The number of hydrogen-bond acceptors (Lipinski definition) is 4. The smallest absolute Gasteiger partial charge is 0.0454 e. The van der Waals surface area contributed by atoms with Gasteiger partial charge in [-0.3, -0.25) is 0 Å². The van der Waals surface area contributed by atoms with Crippen LogP contribution in [0.3, 0.4) is 0 Å². The Labute approximate surface area is 70.5 Å². The van der Waals surface area contributed by atoms with Crippen LogP contribution in [0, 0.1) is 11.8 Å². The first-order valence-electron chi connectivity index (χ1n) is 3.53. The Bertz CT molecular complexity index is 197. The van der Waals surface area contributed by atoms with Crippen LogP contribution in [0.4, 0.5) is 0 Å². The molecule has 4 nitrogen and oxygen atoms in total. The van der Waals surface area contributed by atoms with Gasteiger partial charge in [0.05, 0.1) is 0 Å². The van der Waals surface area contributed by atoms with Gasteiger partial charge in [0.25, 0.3) is 0 Å². The highest BCUT2D eigenvalue weighted by Crippen LogP contribution is 2.14. The molecule has 4 heteroatoms. The van der Waals surface area contributed by atoms with Crippen molar-refractivity contribution >= 4 is 11.9 Å². The van der Waals surface area contributed by atoms with E-state index in [0.717, 1.165) is 0 Å². The number of carbonyl (C=O) groups is 2. The third-order valence-electron chi connectivity index (χ3n) is 1.70. The topological polar surface area (TPSA) is 80.3 Å². The highest BCUT2D eigenvalue weighted by Gasteiger charge is 2.17. The van der Waals surface area contributed by atoms with Gasteiger partial charge in [-0.1, -0.05) is 13.0 Å². The van der Waals surface area contributed by atoms with E-state index in [4.69, 9.17) is 0 Å². The molecule has 0 aliphatic carbocycles. The predicted molar refractivity (Wildman–Crippen MR) is 37.5 cm³/mol. The Kier molecular flexibility index (Phi) is 4.04. The van der Waals surface area contributed by atoms with Gasteiger partial charge in [0.15, 0.2) is 0 Å². The van der Waals surface area contributed by atoms with Crippen molar-refractivity contribution in [2.24, 2.45) is 11.8 Å². The molecule has 0 aromatic carbocycles. The summed E-state index contributed by atoms with van der Waals surface area (Å²) in [5.41, 5.74) is 0. The summed E-state index contributed by atoms with van der Waals surface area (Å²) >= 11 is 0. The standard InChI is InChI=1S/C8H12O4/c1-3-4-6(8(11)12)5(2)7(9)10/h3,5-6H,1,4H2,2H3,(H,9,10)(H,11,12)/p-2. The van der Waals surface area contributed by atoms with Gasteiger partial charge in [-0.2, -0.15) is 0 Å². The van der Waals surface area contributed by atoms with Gasteiger partial charge in [-0.15, -0.1) is 6.58 Å². The fourth-order valence-electron chi connectivity index (χ4n) is 0.848. The van der Waals surface area contributed by atoms with Gasteiger partial charge >= 0.3 is 0 Å². The average Bonchev–Trinajstić information content (AvgIpc) is 1.98. The maximum atomic E-state index is 10.4. The van der Waals surface area contributed by atoms with Crippen molar-refractivity contribution in [2.75, 3.05) is 0 Å². The van der Waals surface area contributed by atoms with Crippen LogP contribution in [0.25, 0.3) is 0 Å². The molecule has 0 aliphatic heterocycles. The highest BCUT2D eigenvalue weighted by molar-refractivity contribution is 5.77. The number of carboxylic acid groups (broad SMARTS) is 2. The van der Waals surface area contributed by atoms with E-state index in [1.165, 1.54) is 13.0 Å². The largest absolute Gasteiger partial charge is 0.550 e. The van der Waals surface area contributed by atoms with Crippen LogP contribution in [0.5, 0.6) is 0 Å². The van der Waals surface area contributed by atoms with Crippen molar-refractivity contribution in [1.82, 2.24) is 0 Å². The zero-order valence-corrected chi connectivity index (χ0v) is 6.78. The summed E-state index contributed by atoms with van der Waals surface area (Å²) in [6.07, 6.45) is 1.43. The van der Waals surface area contributed by atoms with E-state index in [1.807, 2.05) is 0 Å². The van der Waals surface area contributed by atoms with Crippen LogP contribution < -0.4 is 10.2 Å². The lowest BCUT2D eigenvalue weighted by atomic mass is 9.91. The van der Waals surface area contributed by atoms with Crippen molar-refractivity contribution in [1.29, 1.82) is 0 Å². The van der Waals surface area contributed by atoms with Crippen LogP contribution in [-0.4, -0.2) is 11.9 Å². The third kappa shape index (κ3) is 2.74. The molecule has 2 atom stereocenters. The van der Waals surface area contributed by atoms with Crippen molar-refractivity contribution in [3.8, 4) is 0 Å². The van der Waals surface area contributed by atoms with Crippen LogP contribution in [0.1, 0.15) is 13.3 Å². The van der Waals surface area contributed by atoms with E-state index in [-0.39, 0.29) is 6.42 Å². The third-order valence-corrected chi connectivity index (χ3v) is 1.70. The van der Waals surface area contributed by atoms with Crippen LogP contribution >= 0.6 is 0 Å². The Morgan fingerprint density at radius 2 is 1.92 bits per heavy atom. The lowest BCUT2D eigenvalue weighted by Crippen LogP contribution is -2.42. The summed E-state index contributed by atoms with van der Waals surface area (Å²) in [6.45, 7) is 4.60. The fourth-order valence-corrected chi connectivity index (χ4v) is 0.848. The van der Waals surface area contributed by atoms with Gasteiger partial charge in [0.1, 0.15) is 0 Å². The van der Waals surface area contributed by atoms with Gasteiger partial charge in [0, 0.05) is 23.8 Å². The van der Waals surface area contributed by atoms with Gasteiger partial charge in [-0.05, 0) is 6.42 Å². The minimum absolute atomic E-state index is 0.0808. The van der Waals surface area contributed by atoms with E-state index in [0.29, 0.717) is 0 Å². The normalized spacial score (nSPS) is 14.8. The molecule has 0 radical (unpaired) electrons. The molecule has 0 aromatic heterocycles. The second kappa shape index (κ2) is 4.54. The Morgan fingerprint density at radius 3 is 2.17 bits per heavy atom. The van der Waals surface area contributed by atoms with Gasteiger partial charge in [0.2, 0.25) is 0 Å². The number of rotatable bonds is 5. The molecule has 0 saturated carbocycles. The summed E-state index contributed by atoms with van der Waals surface area (Å²) in [5.74, 6) is -4.86. The second-order valence-corrected chi connectivity index (χ2v) is 2.56. The number of carbonyl (C=O) groups excluding carboxylic acids is 2. The molecule has 0 N–H and O–H groups in total. The number of aliphatic carboxylic acids is 2. The first-order valence-corrected chi connectivity index (χ1v) is 3.53. The van der Waals surface area contributed by atoms with Crippen molar-refractivity contribution in [3.63, 3.8) is 0 Å². The van der Waals surface area contributed by atoms with Gasteiger partial charge in [-0.25, -0.2) is 0 Å². The Morgan fingerprint density at radius 1 is 1.42 bits per heavy atom. The number of allylic oxidation sites excluding steroid dienone is 1. The lowest BCUT2D eigenvalue weighted by Gasteiger charge is -2.24. The van der Waals surface area contributed by atoms with Crippen LogP contribution in [-0.2, 0) is 9.59 Å². The average molecular weight is 170 g/mol. The van der Waals surface area contributed by atoms with Gasteiger partial charge < -0.3 is 19.8 Å². The quantitative estimate of drug-likeness (QED) is 0.461. The van der Waals surface area contributed by atoms with E-state index in [1.54, 1.807) is 0 Å². The maximum Gasteiger partial charge on any atom is 0.0454 e. The molecule has 0 bridgehead atoms. The molecule has 0 spiro atoms. The zero-order valence-electron chi connectivity index (χ0n) is 6.78. The van der Waals surface area contributed by atoms with E-state index in [2.05, 4.69) is 6.58 Å². The first-order chi connectivity index (χ1) is 5.50. The molecule has 0 amide bonds. The molecular weight excluding hydrogens is 160 g/mol. The summed E-state index contributed by atoms with van der Waals surface area (Å²) < 4.78 is 0. The summed E-state index contributed by atoms with van der Waals surface area (Å²) in [4.78, 5) is 20.7. The van der Waals surface area contributed by atoms with E-state index < -0.39 is 23.8 Å². The fraction of sp³-hybridized carbons (Fsp3) is 0.500. The Balaban J connectivity index is 4.38. The molecule has 0 fully saturated rings. The summed E-state index contributed by atoms with van der Waals surface area (Å²) in [7, 11) is 0. The SMILES string of the molecule is C=CCC(C(=O)[O-])C(C)C(=O)[O-].